The SMILES string of the molecule is O=C1CCC2C3N(Nc4ccccc4)C34Cc3ccc(O)c5c3C2(C4)[C@H]1O5. The molecule has 2 heterocycles. The molecule has 2 saturated carbocycles. The molecule has 3 aliphatic carbocycles. The van der Waals surface area contributed by atoms with Gasteiger partial charge in [-0.15, -0.1) is 0 Å². The number of fused-ring (bicyclic) bond motifs is 1. The summed E-state index contributed by atoms with van der Waals surface area (Å²) in [5, 5.41) is 12.8. The minimum atomic E-state index is -0.415. The number of carbonyl (C=O) groups is 1. The lowest BCUT2D eigenvalue weighted by molar-refractivity contribution is -0.133. The maximum absolute atomic E-state index is 12.8. The van der Waals surface area contributed by atoms with Crippen LogP contribution in [0.15, 0.2) is 42.5 Å². The van der Waals surface area contributed by atoms with Crippen molar-refractivity contribution in [3.05, 3.63) is 53.6 Å². The number of hydrazine groups is 1. The number of para-hydroxylation sites is 1. The Kier molecular flexibility index (Phi) is 2.31. The first-order valence-corrected chi connectivity index (χ1v) is 9.81. The van der Waals surface area contributed by atoms with Crippen molar-refractivity contribution in [2.45, 2.75) is 48.8 Å². The molecule has 2 bridgehead atoms. The zero-order valence-electron chi connectivity index (χ0n) is 14.8. The van der Waals surface area contributed by atoms with Gasteiger partial charge in [-0.3, -0.25) is 4.79 Å². The number of anilines is 1. The first-order chi connectivity index (χ1) is 13.1. The van der Waals surface area contributed by atoms with Gasteiger partial charge in [-0.25, -0.2) is 5.01 Å². The molecule has 27 heavy (non-hydrogen) atoms. The average Bonchev–Trinajstić information content (AvgIpc) is 2.99. The van der Waals surface area contributed by atoms with Gasteiger partial charge in [0.25, 0.3) is 0 Å². The molecule has 1 saturated heterocycles. The Hall–Kier alpha value is -2.53. The summed E-state index contributed by atoms with van der Waals surface area (Å²) < 4.78 is 6.15. The van der Waals surface area contributed by atoms with Crippen LogP contribution >= 0.6 is 0 Å². The van der Waals surface area contributed by atoms with Gasteiger partial charge in [0.1, 0.15) is 0 Å². The summed E-state index contributed by atoms with van der Waals surface area (Å²) in [6.45, 7) is 0. The predicted molar refractivity (Wildman–Crippen MR) is 98.7 cm³/mol. The number of hydrogen-bond donors (Lipinski definition) is 2. The number of aromatic hydroxyl groups is 1. The van der Waals surface area contributed by atoms with E-state index < -0.39 is 6.10 Å². The highest BCUT2D eigenvalue weighted by molar-refractivity contribution is 5.90. The first kappa shape index (κ1) is 14.5. The zero-order chi connectivity index (χ0) is 18.0. The van der Waals surface area contributed by atoms with Gasteiger partial charge in [0.15, 0.2) is 23.4 Å². The molecule has 2 aliphatic heterocycles. The van der Waals surface area contributed by atoms with Crippen LogP contribution in [0.2, 0.25) is 0 Å². The number of benzene rings is 2. The van der Waals surface area contributed by atoms with Crippen LogP contribution in [0.3, 0.4) is 0 Å². The van der Waals surface area contributed by atoms with E-state index >= 15 is 0 Å². The van der Waals surface area contributed by atoms with Crippen molar-refractivity contribution in [2.75, 3.05) is 5.43 Å². The number of carbonyl (C=O) groups excluding carboxylic acids is 1. The third-order valence-electron chi connectivity index (χ3n) is 7.79. The molecule has 5 aliphatic rings. The van der Waals surface area contributed by atoms with Crippen LogP contribution in [-0.2, 0) is 16.6 Å². The van der Waals surface area contributed by atoms with E-state index in [4.69, 9.17) is 4.74 Å². The van der Waals surface area contributed by atoms with Gasteiger partial charge in [-0.1, -0.05) is 24.3 Å². The van der Waals surface area contributed by atoms with Crippen molar-refractivity contribution in [1.29, 1.82) is 0 Å². The van der Waals surface area contributed by atoms with E-state index in [1.807, 2.05) is 24.3 Å². The summed E-state index contributed by atoms with van der Waals surface area (Å²) in [4.78, 5) is 12.8. The maximum atomic E-state index is 12.8. The number of piperidine rings is 1. The van der Waals surface area contributed by atoms with Gasteiger partial charge in [0.2, 0.25) is 0 Å². The topological polar surface area (TPSA) is 61.6 Å². The lowest BCUT2D eigenvalue weighted by atomic mass is 9.59. The molecule has 7 rings (SSSR count). The minimum Gasteiger partial charge on any atom is -0.504 e. The van der Waals surface area contributed by atoms with Crippen molar-refractivity contribution in [3.8, 4) is 11.5 Å². The normalized spacial score (nSPS) is 41.6. The zero-order valence-corrected chi connectivity index (χ0v) is 14.8. The van der Waals surface area contributed by atoms with Crippen molar-refractivity contribution in [3.63, 3.8) is 0 Å². The van der Waals surface area contributed by atoms with Crippen molar-refractivity contribution < 1.29 is 14.6 Å². The Morgan fingerprint density at radius 1 is 1.19 bits per heavy atom. The maximum Gasteiger partial charge on any atom is 0.174 e. The lowest BCUT2D eigenvalue weighted by Gasteiger charge is -2.45. The van der Waals surface area contributed by atoms with Crippen LogP contribution in [0.1, 0.15) is 30.4 Å². The molecule has 3 fully saturated rings. The fourth-order valence-corrected chi connectivity index (χ4v) is 6.98. The number of hydrogen-bond acceptors (Lipinski definition) is 5. The van der Waals surface area contributed by atoms with Crippen LogP contribution in [-0.4, -0.2) is 33.6 Å². The van der Waals surface area contributed by atoms with Gasteiger partial charge >= 0.3 is 0 Å². The Bertz CT molecular complexity index is 1020. The second kappa shape index (κ2) is 4.30. The second-order valence-corrected chi connectivity index (χ2v) is 8.85. The molecule has 5 unspecified atom stereocenters. The largest absolute Gasteiger partial charge is 0.504 e. The third kappa shape index (κ3) is 1.45. The summed E-state index contributed by atoms with van der Waals surface area (Å²) in [7, 11) is 0. The van der Waals surface area contributed by atoms with Gasteiger partial charge in [-0.05, 0) is 48.9 Å². The first-order valence-electron chi connectivity index (χ1n) is 9.81. The van der Waals surface area contributed by atoms with Crippen LogP contribution in [0.25, 0.3) is 0 Å². The van der Waals surface area contributed by atoms with Crippen molar-refractivity contribution in [1.82, 2.24) is 5.01 Å². The van der Waals surface area contributed by atoms with E-state index in [0.29, 0.717) is 24.1 Å². The van der Waals surface area contributed by atoms with Crippen molar-refractivity contribution in [2.24, 2.45) is 5.92 Å². The van der Waals surface area contributed by atoms with Gasteiger partial charge in [0.05, 0.1) is 11.6 Å². The van der Waals surface area contributed by atoms with E-state index in [9.17, 15) is 9.90 Å². The highest BCUT2D eigenvalue weighted by atomic mass is 16.5. The molecule has 2 aromatic rings. The molecule has 0 amide bonds. The lowest BCUT2D eigenvalue weighted by Crippen LogP contribution is -2.55. The number of rotatable bonds is 2. The predicted octanol–water partition coefficient (Wildman–Crippen LogP) is 2.78. The number of phenols is 1. The number of nitrogens with zero attached hydrogens (tertiary/aromatic N) is 1. The van der Waals surface area contributed by atoms with Crippen LogP contribution in [0, 0.1) is 5.92 Å². The summed E-state index contributed by atoms with van der Waals surface area (Å²) >= 11 is 0. The summed E-state index contributed by atoms with van der Waals surface area (Å²) in [6.07, 6.45) is 2.96. The minimum absolute atomic E-state index is 0.0539. The van der Waals surface area contributed by atoms with Gasteiger partial charge in [-0.2, -0.15) is 0 Å². The van der Waals surface area contributed by atoms with Crippen molar-refractivity contribution >= 4 is 11.5 Å². The smallest absolute Gasteiger partial charge is 0.174 e. The van der Waals surface area contributed by atoms with E-state index in [0.717, 1.165) is 30.5 Å². The highest BCUT2D eigenvalue weighted by Crippen LogP contribution is 2.75. The van der Waals surface area contributed by atoms with E-state index in [1.54, 1.807) is 6.07 Å². The molecule has 136 valence electrons. The van der Waals surface area contributed by atoms with Crippen LogP contribution < -0.4 is 10.2 Å². The molecule has 2 aromatic carbocycles. The molecule has 2 spiro atoms. The molecule has 2 N–H and O–H groups in total. The fourth-order valence-electron chi connectivity index (χ4n) is 6.98. The van der Waals surface area contributed by atoms with E-state index in [1.165, 1.54) is 5.56 Å². The molecular formula is C22H20N2O3. The molecule has 5 nitrogen and oxygen atoms in total. The second-order valence-electron chi connectivity index (χ2n) is 8.85. The highest BCUT2D eigenvalue weighted by Gasteiger charge is 2.83. The number of ketones is 1. The number of Topliss-reactive ketones (excluding diaryl/α,β-unsaturated/α-hetero) is 1. The van der Waals surface area contributed by atoms with Gasteiger partial charge < -0.3 is 15.3 Å². The third-order valence-corrected chi connectivity index (χ3v) is 7.79. The number of phenolic OH excluding ortho intramolecular Hbond substituents is 1. The number of nitrogens with one attached hydrogen (secondary N) is 1. The molecular weight excluding hydrogens is 340 g/mol. The average molecular weight is 360 g/mol. The summed E-state index contributed by atoms with van der Waals surface area (Å²) in [6, 6.07) is 14.5. The Morgan fingerprint density at radius 3 is 2.89 bits per heavy atom. The Labute approximate surface area is 156 Å². The Morgan fingerprint density at radius 2 is 2.04 bits per heavy atom. The molecule has 0 aromatic heterocycles. The summed E-state index contributed by atoms with van der Waals surface area (Å²) in [5.41, 5.74) is 6.95. The number of ether oxygens (including phenoxy) is 1. The quantitative estimate of drug-likeness (QED) is 0.807. The van der Waals surface area contributed by atoms with E-state index in [2.05, 4.69) is 22.6 Å². The molecule has 6 atom stereocenters. The molecule has 5 heteroatoms. The van der Waals surface area contributed by atoms with Crippen LogP contribution in [0.4, 0.5) is 5.69 Å². The Balaban J connectivity index is 1.38. The van der Waals surface area contributed by atoms with Gasteiger partial charge in [0, 0.05) is 23.1 Å². The van der Waals surface area contributed by atoms with E-state index in [-0.39, 0.29) is 22.5 Å². The standard InChI is InChI=1S/C22H20N2O3/c25-15-8-6-12-10-21-11-22-14(7-9-16(26)20(22)27-18(15)17(12)22)19(21)24(21)23-13-4-2-1-3-5-13/h1-6,8,14,19-20,23,25H,7,9-11H2/t14?,19?,20-,21?,22?,24?/m0/s1. The fraction of sp³-hybridized carbons (Fsp3) is 0.409. The molecule has 0 radical (unpaired) electrons. The van der Waals surface area contributed by atoms with Crippen LogP contribution in [0.5, 0.6) is 11.5 Å². The monoisotopic (exact) mass is 360 g/mol. The summed E-state index contributed by atoms with van der Waals surface area (Å²) in [5.74, 6) is 1.35.